The van der Waals surface area contributed by atoms with Crippen LogP contribution in [0.4, 0.5) is 0 Å². The maximum absolute atomic E-state index is 12.8. The molecule has 2 aromatic rings. The number of pyridine rings is 1. The number of aryl methyl sites for hydroxylation is 1. The fraction of sp³-hybridized carbons (Fsp3) is 0.409. The third kappa shape index (κ3) is 3.78. The van der Waals surface area contributed by atoms with Crippen molar-refractivity contribution in [3.63, 3.8) is 0 Å². The van der Waals surface area contributed by atoms with Crippen molar-refractivity contribution in [1.82, 2.24) is 10.3 Å². The first-order chi connectivity index (χ1) is 13.0. The Kier molecular flexibility index (Phi) is 4.79. The van der Waals surface area contributed by atoms with E-state index in [-0.39, 0.29) is 11.7 Å². The Morgan fingerprint density at radius 3 is 2.52 bits per heavy atom. The maximum Gasteiger partial charge on any atom is 0.269 e. The van der Waals surface area contributed by atoms with E-state index in [0.29, 0.717) is 41.9 Å². The van der Waals surface area contributed by atoms with E-state index >= 15 is 0 Å². The third-order valence-corrected chi connectivity index (χ3v) is 5.72. The molecule has 27 heavy (non-hydrogen) atoms. The lowest BCUT2D eigenvalue weighted by Gasteiger charge is -2.09. The van der Waals surface area contributed by atoms with Gasteiger partial charge in [-0.2, -0.15) is 0 Å². The number of Topliss-reactive ketones (excluding diaryl/α,β-unsaturated/α-hetero) is 1. The summed E-state index contributed by atoms with van der Waals surface area (Å²) in [6.45, 7) is 3.60. The molecule has 2 aliphatic rings. The molecule has 140 valence electrons. The van der Waals surface area contributed by atoms with E-state index in [1.807, 2.05) is 13.0 Å². The van der Waals surface area contributed by atoms with Gasteiger partial charge in [-0.25, -0.2) is 4.98 Å². The van der Waals surface area contributed by atoms with Gasteiger partial charge in [0, 0.05) is 31.1 Å². The van der Waals surface area contributed by atoms with Gasteiger partial charge in [0.2, 0.25) is 0 Å². The van der Waals surface area contributed by atoms with E-state index < -0.39 is 0 Å². The van der Waals surface area contributed by atoms with Crippen molar-refractivity contribution in [1.29, 1.82) is 0 Å². The van der Waals surface area contributed by atoms with Gasteiger partial charge in [-0.1, -0.05) is 29.8 Å². The predicted molar refractivity (Wildman–Crippen MR) is 102 cm³/mol. The van der Waals surface area contributed by atoms with E-state index in [9.17, 15) is 9.59 Å². The van der Waals surface area contributed by atoms with Crippen LogP contribution in [0.1, 0.15) is 44.1 Å². The number of aromatic nitrogens is 1. The summed E-state index contributed by atoms with van der Waals surface area (Å²) in [6.07, 6.45) is 1.12. The number of carbonyl (C=O) groups is 2. The average molecular weight is 364 g/mol. The smallest absolute Gasteiger partial charge is 0.269 e. The quantitative estimate of drug-likeness (QED) is 0.801. The van der Waals surface area contributed by atoms with Gasteiger partial charge < -0.3 is 10.1 Å². The zero-order chi connectivity index (χ0) is 19.0. The molecule has 3 atom stereocenters. The summed E-state index contributed by atoms with van der Waals surface area (Å²) in [4.78, 5) is 29.4. The summed E-state index contributed by atoms with van der Waals surface area (Å²) in [5.74, 6) is 1.34. The lowest BCUT2D eigenvalue weighted by Crippen LogP contribution is -2.21. The SMILES string of the molecule is CNC(=O)c1cc(C(=O)CC2[C@H]3COC[C@@H]23)cc(Cc2ccc(C)cc2)n1. The maximum atomic E-state index is 12.8. The monoisotopic (exact) mass is 364 g/mol. The first kappa shape index (κ1) is 17.9. The van der Waals surface area contributed by atoms with Crippen LogP contribution in [0.15, 0.2) is 36.4 Å². The number of nitrogens with one attached hydrogen (secondary N) is 1. The normalized spacial score (nSPS) is 23.0. The third-order valence-electron chi connectivity index (χ3n) is 5.72. The van der Waals surface area contributed by atoms with Gasteiger partial charge in [-0.3, -0.25) is 9.59 Å². The summed E-state index contributed by atoms with van der Waals surface area (Å²) in [6, 6.07) is 11.7. The molecule has 1 aromatic carbocycles. The van der Waals surface area contributed by atoms with Crippen molar-refractivity contribution < 1.29 is 14.3 Å². The molecule has 5 heteroatoms. The molecule has 2 fully saturated rings. The summed E-state index contributed by atoms with van der Waals surface area (Å²) in [5.41, 5.74) is 3.92. The van der Waals surface area contributed by atoms with Crippen molar-refractivity contribution in [2.75, 3.05) is 20.3 Å². The lowest BCUT2D eigenvalue weighted by atomic mass is 10.0. The van der Waals surface area contributed by atoms with Crippen LogP contribution in [0.25, 0.3) is 0 Å². The Morgan fingerprint density at radius 1 is 1.15 bits per heavy atom. The number of ether oxygens (including phenoxy) is 1. The molecule has 1 aliphatic heterocycles. The van der Waals surface area contributed by atoms with E-state index in [1.54, 1.807) is 13.1 Å². The van der Waals surface area contributed by atoms with Crippen LogP contribution >= 0.6 is 0 Å². The Bertz CT molecular complexity index is 866. The molecule has 2 heterocycles. The molecule has 1 N–H and O–H groups in total. The standard InChI is InChI=1S/C22H24N2O3/c1-13-3-5-14(6-4-13)7-16-8-15(9-20(24-16)22(26)23-2)21(25)10-17-18-11-27-12-19(17)18/h3-6,8-9,17-19H,7,10-12H2,1-2H3,(H,23,26)/t17?,18-,19+. The highest BCUT2D eigenvalue weighted by Gasteiger charge is 2.54. The van der Waals surface area contributed by atoms with Gasteiger partial charge in [-0.15, -0.1) is 0 Å². The van der Waals surface area contributed by atoms with Crippen LogP contribution in [-0.4, -0.2) is 36.9 Å². The largest absolute Gasteiger partial charge is 0.381 e. The van der Waals surface area contributed by atoms with Gasteiger partial charge in [0.15, 0.2) is 5.78 Å². The summed E-state index contributed by atoms with van der Waals surface area (Å²) in [7, 11) is 1.57. The Morgan fingerprint density at radius 2 is 1.85 bits per heavy atom. The lowest BCUT2D eigenvalue weighted by molar-refractivity contribution is 0.0950. The van der Waals surface area contributed by atoms with Crippen LogP contribution in [0, 0.1) is 24.7 Å². The molecular weight excluding hydrogens is 340 g/mol. The number of nitrogens with zero attached hydrogens (tertiary/aromatic N) is 1. The molecule has 5 nitrogen and oxygen atoms in total. The van der Waals surface area contributed by atoms with Crippen molar-refractivity contribution in [2.45, 2.75) is 19.8 Å². The average Bonchev–Trinajstić information content (AvgIpc) is 3.09. The number of carbonyl (C=O) groups excluding carboxylic acids is 2. The van der Waals surface area contributed by atoms with E-state index in [0.717, 1.165) is 24.5 Å². The summed E-state index contributed by atoms with van der Waals surface area (Å²) in [5, 5.41) is 2.60. The van der Waals surface area contributed by atoms with Gasteiger partial charge >= 0.3 is 0 Å². The predicted octanol–water partition coefficient (Wildman–Crippen LogP) is 2.81. The van der Waals surface area contributed by atoms with Crippen LogP contribution < -0.4 is 5.32 Å². The molecule has 0 bridgehead atoms. The highest BCUT2D eigenvalue weighted by molar-refractivity contribution is 6.00. The van der Waals surface area contributed by atoms with Crippen LogP contribution in [-0.2, 0) is 11.2 Å². The number of fused-ring (bicyclic) bond motifs is 1. The molecule has 1 aromatic heterocycles. The van der Waals surface area contributed by atoms with Crippen molar-refractivity contribution in [3.8, 4) is 0 Å². The van der Waals surface area contributed by atoms with Gasteiger partial charge in [0.05, 0.1) is 13.2 Å². The minimum absolute atomic E-state index is 0.0899. The Labute approximate surface area is 159 Å². The summed E-state index contributed by atoms with van der Waals surface area (Å²) >= 11 is 0. The van der Waals surface area contributed by atoms with Gasteiger partial charge in [0.25, 0.3) is 5.91 Å². The molecule has 1 saturated heterocycles. The second-order valence-electron chi connectivity index (χ2n) is 7.63. The Balaban J connectivity index is 1.56. The molecule has 4 rings (SSSR count). The number of benzene rings is 1. The molecule has 0 radical (unpaired) electrons. The number of amides is 1. The molecule has 1 unspecified atom stereocenters. The van der Waals surface area contributed by atoms with Crippen molar-refractivity contribution in [2.24, 2.45) is 17.8 Å². The number of hydrogen-bond donors (Lipinski definition) is 1. The number of rotatable bonds is 6. The van der Waals surface area contributed by atoms with E-state index in [1.165, 1.54) is 5.56 Å². The molecule has 1 amide bonds. The molecular formula is C22H24N2O3. The molecule has 0 spiro atoms. The van der Waals surface area contributed by atoms with Gasteiger partial charge in [0.1, 0.15) is 5.69 Å². The highest BCUT2D eigenvalue weighted by atomic mass is 16.5. The zero-order valence-electron chi connectivity index (χ0n) is 15.7. The molecule has 1 aliphatic carbocycles. The van der Waals surface area contributed by atoms with Gasteiger partial charge in [-0.05, 0) is 42.4 Å². The highest BCUT2D eigenvalue weighted by Crippen LogP contribution is 2.52. The second kappa shape index (κ2) is 7.24. The molecule has 1 saturated carbocycles. The fourth-order valence-corrected chi connectivity index (χ4v) is 3.99. The van der Waals surface area contributed by atoms with Crippen LogP contribution in [0.5, 0.6) is 0 Å². The number of ketones is 1. The first-order valence-electron chi connectivity index (χ1n) is 9.44. The number of hydrogen-bond acceptors (Lipinski definition) is 4. The van der Waals surface area contributed by atoms with Crippen LogP contribution in [0.2, 0.25) is 0 Å². The van der Waals surface area contributed by atoms with Crippen molar-refractivity contribution in [3.05, 3.63) is 64.5 Å². The topological polar surface area (TPSA) is 68.3 Å². The van der Waals surface area contributed by atoms with Crippen LogP contribution in [0.3, 0.4) is 0 Å². The second-order valence-corrected chi connectivity index (χ2v) is 7.63. The minimum Gasteiger partial charge on any atom is -0.381 e. The first-order valence-corrected chi connectivity index (χ1v) is 9.44. The Hall–Kier alpha value is -2.53. The minimum atomic E-state index is -0.272. The van der Waals surface area contributed by atoms with Crippen molar-refractivity contribution >= 4 is 11.7 Å². The summed E-state index contributed by atoms with van der Waals surface area (Å²) < 4.78 is 5.41. The zero-order valence-corrected chi connectivity index (χ0v) is 15.7. The fourth-order valence-electron chi connectivity index (χ4n) is 3.99. The van der Waals surface area contributed by atoms with E-state index in [4.69, 9.17) is 4.74 Å². The van der Waals surface area contributed by atoms with E-state index in [2.05, 4.69) is 34.6 Å².